The summed E-state index contributed by atoms with van der Waals surface area (Å²) >= 11 is 0. The number of amides is 2. The van der Waals surface area contributed by atoms with Gasteiger partial charge >= 0.3 is 0 Å². The monoisotopic (exact) mass is 411 g/mol. The lowest BCUT2D eigenvalue weighted by atomic mass is 9.89. The molecule has 0 saturated heterocycles. The van der Waals surface area contributed by atoms with Crippen LogP contribution in [-0.4, -0.2) is 22.9 Å². The number of hydrogen-bond acceptors (Lipinski definition) is 4. The summed E-state index contributed by atoms with van der Waals surface area (Å²) in [7, 11) is 0. The average molecular weight is 411 g/mol. The smallest absolute Gasteiger partial charge is 0.259 e. The summed E-state index contributed by atoms with van der Waals surface area (Å²) in [5.41, 5.74) is 11.1. The molecule has 154 valence electrons. The highest BCUT2D eigenvalue weighted by Gasteiger charge is 2.38. The van der Waals surface area contributed by atoms with Crippen LogP contribution >= 0.6 is 0 Å². The van der Waals surface area contributed by atoms with Gasteiger partial charge in [-0.25, -0.2) is 0 Å². The van der Waals surface area contributed by atoms with Gasteiger partial charge in [0.2, 0.25) is 0 Å². The maximum absolute atomic E-state index is 13.2. The lowest BCUT2D eigenvalue weighted by Gasteiger charge is -2.24. The fourth-order valence-corrected chi connectivity index (χ4v) is 5.11. The second kappa shape index (κ2) is 6.68. The van der Waals surface area contributed by atoms with E-state index in [0.717, 1.165) is 46.9 Å². The molecule has 1 unspecified atom stereocenters. The lowest BCUT2D eigenvalue weighted by molar-refractivity contribution is -0.122. The van der Waals surface area contributed by atoms with Crippen molar-refractivity contribution in [3.63, 3.8) is 0 Å². The third-order valence-corrected chi connectivity index (χ3v) is 6.59. The Morgan fingerprint density at radius 3 is 2.58 bits per heavy atom. The average Bonchev–Trinajstić information content (AvgIpc) is 3.44. The summed E-state index contributed by atoms with van der Waals surface area (Å²) in [6, 6.07) is 15.6. The molecule has 6 rings (SSSR count). The van der Waals surface area contributed by atoms with Gasteiger partial charge in [0.05, 0.1) is 17.4 Å². The fraction of sp³-hybridized carbons (Fsp3) is 0.200. The van der Waals surface area contributed by atoms with E-state index in [1.54, 1.807) is 6.26 Å². The number of carbonyl (C=O) groups excluding carboxylic acids is 2. The van der Waals surface area contributed by atoms with Crippen molar-refractivity contribution in [2.45, 2.75) is 19.4 Å². The number of imide groups is 1. The van der Waals surface area contributed by atoms with E-state index in [1.165, 1.54) is 0 Å². The topological polar surface area (TPSA) is 90.3 Å². The molecule has 0 fully saturated rings. The van der Waals surface area contributed by atoms with Crippen LogP contribution in [0.15, 0.2) is 59.2 Å². The van der Waals surface area contributed by atoms with Crippen LogP contribution in [0.3, 0.4) is 0 Å². The van der Waals surface area contributed by atoms with Crippen LogP contribution in [-0.2, 0) is 22.6 Å². The summed E-state index contributed by atoms with van der Waals surface area (Å²) in [5, 5.41) is 4.33. The second-order valence-corrected chi connectivity index (χ2v) is 8.26. The molecule has 1 atom stereocenters. The molecule has 0 saturated carbocycles. The van der Waals surface area contributed by atoms with Crippen molar-refractivity contribution in [1.82, 2.24) is 9.88 Å². The molecule has 0 bridgehead atoms. The van der Waals surface area contributed by atoms with Crippen molar-refractivity contribution < 1.29 is 14.0 Å². The normalized spacial score (nSPS) is 18.8. The number of furan rings is 1. The Kier molecular flexibility index (Phi) is 3.91. The summed E-state index contributed by atoms with van der Waals surface area (Å²) in [6.45, 7) is 1.45. The lowest BCUT2D eigenvalue weighted by Crippen LogP contribution is -2.26. The number of nitrogens with one attached hydrogen (secondary N) is 1. The Morgan fingerprint density at radius 1 is 1.00 bits per heavy atom. The molecule has 6 heteroatoms. The number of benzene rings is 2. The zero-order chi connectivity index (χ0) is 21.1. The molecule has 2 aliphatic heterocycles. The standard InChI is InChI=1S/C25H21N3O3/c26-12-14-9-10-28-18-7-3-1-6-16(18)21(19(28)11-14)23-22(24(29)27-25(23)30)17-13-31-20-8-4-2-5-15(17)20/h1-8,13-14H,9-12,26H2,(H,27,29,30). The minimum atomic E-state index is -0.387. The van der Waals surface area contributed by atoms with Gasteiger partial charge in [-0.2, -0.15) is 0 Å². The van der Waals surface area contributed by atoms with Crippen molar-refractivity contribution in [3.05, 3.63) is 71.6 Å². The van der Waals surface area contributed by atoms with Crippen LogP contribution in [0.1, 0.15) is 23.2 Å². The number of hydrogen-bond donors (Lipinski definition) is 2. The van der Waals surface area contributed by atoms with Gasteiger partial charge in [0, 0.05) is 39.7 Å². The van der Waals surface area contributed by atoms with Gasteiger partial charge < -0.3 is 14.7 Å². The zero-order valence-corrected chi connectivity index (χ0v) is 16.9. The largest absolute Gasteiger partial charge is 0.464 e. The highest BCUT2D eigenvalue weighted by molar-refractivity contribution is 6.51. The molecule has 0 radical (unpaired) electrons. The number of para-hydroxylation sites is 2. The molecule has 2 amide bonds. The Morgan fingerprint density at radius 2 is 1.74 bits per heavy atom. The van der Waals surface area contributed by atoms with Crippen LogP contribution in [0.5, 0.6) is 0 Å². The first kappa shape index (κ1) is 18.2. The van der Waals surface area contributed by atoms with Crippen molar-refractivity contribution in [2.75, 3.05) is 6.54 Å². The van der Waals surface area contributed by atoms with Gasteiger partial charge in [-0.3, -0.25) is 14.9 Å². The molecule has 0 spiro atoms. The van der Waals surface area contributed by atoms with E-state index >= 15 is 0 Å². The number of fused-ring (bicyclic) bond motifs is 4. The molecule has 6 nitrogen and oxygen atoms in total. The van der Waals surface area contributed by atoms with Crippen molar-refractivity contribution in [3.8, 4) is 0 Å². The third kappa shape index (κ3) is 2.55. The number of aromatic nitrogens is 1. The summed E-state index contributed by atoms with van der Waals surface area (Å²) in [4.78, 5) is 26.1. The fourth-order valence-electron chi connectivity index (χ4n) is 5.11. The van der Waals surface area contributed by atoms with E-state index in [9.17, 15) is 9.59 Å². The van der Waals surface area contributed by atoms with Crippen LogP contribution in [0.4, 0.5) is 0 Å². The Balaban J connectivity index is 1.70. The molecule has 0 aliphatic carbocycles. The van der Waals surface area contributed by atoms with Gasteiger partial charge in [0.25, 0.3) is 11.8 Å². The van der Waals surface area contributed by atoms with E-state index in [4.69, 9.17) is 10.2 Å². The highest BCUT2D eigenvalue weighted by atomic mass is 16.3. The Hall–Kier alpha value is -3.64. The molecule has 4 aromatic rings. The van der Waals surface area contributed by atoms with Crippen LogP contribution in [0.2, 0.25) is 0 Å². The highest BCUT2D eigenvalue weighted by Crippen LogP contribution is 2.42. The minimum Gasteiger partial charge on any atom is -0.464 e. The quantitative estimate of drug-likeness (QED) is 0.505. The Labute approximate surface area is 178 Å². The van der Waals surface area contributed by atoms with E-state index in [2.05, 4.69) is 16.0 Å². The molecular weight excluding hydrogens is 390 g/mol. The van der Waals surface area contributed by atoms with Crippen LogP contribution in [0, 0.1) is 5.92 Å². The van der Waals surface area contributed by atoms with Crippen LogP contribution in [0.25, 0.3) is 33.0 Å². The molecular formula is C25H21N3O3. The number of carbonyl (C=O) groups is 2. The first-order valence-corrected chi connectivity index (χ1v) is 10.5. The molecule has 31 heavy (non-hydrogen) atoms. The van der Waals surface area contributed by atoms with E-state index in [-0.39, 0.29) is 11.8 Å². The number of aryl methyl sites for hydroxylation is 1. The molecule has 4 heterocycles. The SMILES string of the molecule is NCC1CCn2c(c(C3=C(c4coc5ccccc45)C(=O)NC3=O)c3ccccc32)C1. The number of nitrogens with zero attached hydrogens (tertiary/aromatic N) is 1. The summed E-state index contributed by atoms with van der Waals surface area (Å²) < 4.78 is 7.98. The van der Waals surface area contributed by atoms with Gasteiger partial charge in [-0.05, 0) is 37.4 Å². The van der Waals surface area contributed by atoms with Crippen LogP contribution < -0.4 is 11.1 Å². The molecule has 3 N–H and O–H groups in total. The van der Waals surface area contributed by atoms with Crippen molar-refractivity contribution >= 4 is 44.8 Å². The molecule has 2 aromatic heterocycles. The molecule has 2 aliphatic rings. The maximum Gasteiger partial charge on any atom is 0.259 e. The van der Waals surface area contributed by atoms with Crippen molar-refractivity contribution in [1.29, 1.82) is 0 Å². The first-order chi connectivity index (χ1) is 15.2. The zero-order valence-electron chi connectivity index (χ0n) is 16.9. The number of nitrogens with two attached hydrogens (primary N) is 1. The van der Waals surface area contributed by atoms with E-state index in [0.29, 0.717) is 34.8 Å². The Bertz CT molecular complexity index is 1420. The van der Waals surface area contributed by atoms with Gasteiger partial charge in [-0.15, -0.1) is 0 Å². The second-order valence-electron chi connectivity index (χ2n) is 8.26. The number of rotatable bonds is 3. The first-order valence-electron chi connectivity index (χ1n) is 10.5. The predicted octanol–water partition coefficient (Wildman–Crippen LogP) is 3.48. The molecule has 2 aromatic carbocycles. The van der Waals surface area contributed by atoms with Gasteiger partial charge in [-0.1, -0.05) is 36.4 Å². The van der Waals surface area contributed by atoms with E-state index < -0.39 is 0 Å². The maximum atomic E-state index is 13.2. The predicted molar refractivity (Wildman–Crippen MR) is 119 cm³/mol. The van der Waals surface area contributed by atoms with Gasteiger partial charge in [0.1, 0.15) is 5.58 Å². The third-order valence-electron chi connectivity index (χ3n) is 6.59. The summed E-state index contributed by atoms with van der Waals surface area (Å²) in [6.07, 6.45) is 3.36. The minimum absolute atomic E-state index is 0.356. The van der Waals surface area contributed by atoms with E-state index in [1.807, 2.05) is 42.5 Å². The summed E-state index contributed by atoms with van der Waals surface area (Å²) in [5.74, 6) is -0.393. The van der Waals surface area contributed by atoms with Gasteiger partial charge in [0.15, 0.2) is 0 Å². The van der Waals surface area contributed by atoms with Crippen molar-refractivity contribution in [2.24, 2.45) is 11.7 Å².